The van der Waals surface area contributed by atoms with Crippen LogP contribution in [0.15, 0.2) is 70.3 Å². The molecular weight excluding hydrogens is 372 g/mol. The largest absolute Gasteiger partial charge is 0.474 e. The zero-order valence-corrected chi connectivity index (χ0v) is 15.0. The Morgan fingerprint density at radius 3 is 2.58 bits per heavy atom. The maximum absolute atomic E-state index is 12.4. The Morgan fingerprint density at radius 2 is 1.85 bits per heavy atom. The van der Waals surface area contributed by atoms with Crippen LogP contribution in [0.5, 0.6) is 5.75 Å². The molecule has 0 saturated heterocycles. The van der Waals surface area contributed by atoms with Crippen LogP contribution in [0.2, 0.25) is 0 Å². The molecule has 0 aliphatic carbocycles. The summed E-state index contributed by atoms with van der Waals surface area (Å²) in [6, 6.07) is 17.2. The standard InChI is InChI=1S/C18H14N2O4S2/c21-18-17(12-5-2-1-3-6-12)24-15-9-8-13(11-14(15)19-18)20-26(22,23)16-7-4-10-25-16/h1-11,17,20H,(H,19,21). The van der Waals surface area contributed by atoms with Gasteiger partial charge in [0.25, 0.3) is 15.9 Å². The van der Waals surface area contributed by atoms with E-state index in [4.69, 9.17) is 4.74 Å². The van der Waals surface area contributed by atoms with Gasteiger partial charge in [-0.25, -0.2) is 8.42 Å². The van der Waals surface area contributed by atoms with Crippen molar-refractivity contribution in [3.05, 3.63) is 71.6 Å². The fraction of sp³-hybridized carbons (Fsp3) is 0.0556. The van der Waals surface area contributed by atoms with Crippen molar-refractivity contribution in [1.29, 1.82) is 0 Å². The van der Waals surface area contributed by atoms with Gasteiger partial charge in [0.2, 0.25) is 6.10 Å². The number of rotatable bonds is 4. The summed E-state index contributed by atoms with van der Waals surface area (Å²) in [7, 11) is -3.65. The van der Waals surface area contributed by atoms with E-state index in [1.54, 1.807) is 29.6 Å². The lowest BCUT2D eigenvalue weighted by Crippen LogP contribution is -2.30. The van der Waals surface area contributed by atoms with Crippen LogP contribution in [-0.2, 0) is 14.8 Å². The molecule has 2 aromatic carbocycles. The van der Waals surface area contributed by atoms with E-state index in [0.717, 1.165) is 16.9 Å². The number of anilines is 2. The minimum Gasteiger partial charge on any atom is -0.474 e. The Hall–Kier alpha value is -2.84. The van der Waals surface area contributed by atoms with Crippen LogP contribution in [0.4, 0.5) is 11.4 Å². The van der Waals surface area contributed by atoms with Gasteiger partial charge in [-0.3, -0.25) is 9.52 Å². The molecule has 2 heterocycles. The first-order chi connectivity index (χ1) is 12.5. The molecule has 1 amide bonds. The van der Waals surface area contributed by atoms with Gasteiger partial charge >= 0.3 is 0 Å². The normalized spacial score (nSPS) is 16.3. The van der Waals surface area contributed by atoms with Crippen molar-refractivity contribution < 1.29 is 17.9 Å². The molecule has 1 aliphatic rings. The van der Waals surface area contributed by atoms with E-state index < -0.39 is 16.1 Å². The maximum Gasteiger partial charge on any atom is 0.271 e. The number of hydrogen-bond acceptors (Lipinski definition) is 5. The molecule has 0 bridgehead atoms. The van der Waals surface area contributed by atoms with E-state index in [0.29, 0.717) is 17.1 Å². The summed E-state index contributed by atoms with van der Waals surface area (Å²) >= 11 is 1.13. The highest BCUT2D eigenvalue weighted by atomic mass is 32.2. The third-order valence-electron chi connectivity index (χ3n) is 3.83. The number of nitrogens with one attached hydrogen (secondary N) is 2. The van der Waals surface area contributed by atoms with Gasteiger partial charge in [-0.15, -0.1) is 11.3 Å². The topological polar surface area (TPSA) is 84.5 Å². The predicted molar refractivity (Wildman–Crippen MR) is 100 cm³/mol. The summed E-state index contributed by atoms with van der Waals surface area (Å²) in [6.07, 6.45) is -0.739. The molecule has 3 aromatic rings. The molecule has 8 heteroatoms. The van der Waals surface area contributed by atoms with Crippen molar-refractivity contribution in [2.45, 2.75) is 10.3 Å². The minimum atomic E-state index is -3.65. The molecular formula is C18H14N2O4S2. The van der Waals surface area contributed by atoms with Crippen molar-refractivity contribution in [2.24, 2.45) is 0 Å². The number of fused-ring (bicyclic) bond motifs is 1. The monoisotopic (exact) mass is 386 g/mol. The number of thiophene rings is 1. The molecule has 2 N–H and O–H groups in total. The Bertz CT molecular complexity index is 1050. The van der Waals surface area contributed by atoms with E-state index in [1.165, 1.54) is 6.07 Å². The van der Waals surface area contributed by atoms with Gasteiger partial charge in [-0.05, 0) is 29.6 Å². The third kappa shape index (κ3) is 3.16. The van der Waals surface area contributed by atoms with Crippen molar-refractivity contribution in [2.75, 3.05) is 10.0 Å². The maximum atomic E-state index is 12.4. The molecule has 0 saturated carbocycles. The summed E-state index contributed by atoms with van der Waals surface area (Å²) in [5.74, 6) is 0.180. The lowest BCUT2D eigenvalue weighted by molar-refractivity contribution is -0.123. The van der Waals surface area contributed by atoms with Crippen LogP contribution in [0.3, 0.4) is 0 Å². The first kappa shape index (κ1) is 16.6. The van der Waals surface area contributed by atoms with Crippen molar-refractivity contribution >= 4 is 38.6 Å². The second kappa shape index (κ2) is 6.47. The highest BCUT2D eigenvalue weighted by Crippen LogP contribution is 2.37. The SMILES string of the molecule is O=C1Nc2cc(NS(=O)(=O)c3cccs3)ccc2OC1c1ccccc1. The molecule has 132 valence electrons. The van der Waals surface area contributed by atoms with Crippen LogP contribution in [0.1, 0.15) is 11.7 Å². The molecule has 26 heavy (non-hydrogen) atoms. The minimum absolute atomic E-state index is 0.222. The molecule has 0 radical (unpaired) electrons. The van der Waals surface area contributed by atoms with Crippen LogP contribution >= 0.6 is 11.3 Å². The van der Waals surface area contributed by atoms with E-state index in [9.17, 15) is 13.2 Å². The Balaban J connectivity index is 1.59. The molecule has 6 nitrogen and oxygen atoms in total. The number of ether oxygens (including phenoxy) is 1. The average molecular weight is 386 g/mol. The number of carbonyl (C=O) groups is 1. The number of benzene rings is 2. The zero-order chi connectivity index (χ0) is 18.1. The number of amides is 1. The van der Waals surface area contributed by atoms with E-state index >= 15 is 0 Å². The number of sulfonamides is 1. The fourth-order valence-corrected chi connectivity index (χ4v) is 4.68. The van der Waals surface area contributed by atoms with Crippen molar-refractivity contribution in [3.8, 4) is 5.75 Å². The van der Waals surface area contributed by atoms with Crippen molar-refractivity contribution in [3.63, 3.8) is 0 Å². The lowest BCUT2D eigenvalue weighted by Gasteiger charge is -2.26. The first-order valence-corrected chi connectivity index (χ1v) is 10.1. The summed E-state index contributed by atoms with van der Waals surface area (Å²) in [4.78, 5) is 12.4. The number of carbonyl (C=O) groups excluding carboxylic acids is 1. The van der Waals surface area contributed by atoms with Crippen LogP contribution in [0, 0.1) is 0 Å². The first-order valence-electron chi connectivity index (χ1n) is 7.76. The average Bonchev–Trinajstić information content (AvgIpc) is 3.17. The van der Waals surface area contributed by atoms with Crippen LogP contribution < -0.4 is 14.8 Å². The van der Waals surface area contributed by atoms with Gasteiger partial charge < -0.3 is 10.1 Å². The van der Waals surface area contributed by atoms with Gasteiger partial charge in [0.05, 0.1) is 11.4 Å². The molecule has 1 aliphatic heterocycles. The third-order valence-corrected chi connectivity index (χ3v) is 6.61. The Labute approximate surface area is 154 Å². The fourth-order valence-electron chi connectivity index (χ4n) is 2.64. The predicted octanol–water partition coefficient (Wildman–Crippen LogP) is 3.62. The highest BCUT2D eigenvalue weighted by molar-refractivity contribution is 7.94. The summed E-state index contributed by atoms with van der Waals surface area (Å²) in [5.41, 5.74) is 1.52. The van der Waals surface area contributed by atoms with Gasteiger partial charge in [0.15, 0.2) is 0 Å². The second-order valence-corrected chi connectivity index (χ2v) is 8.50. The Morgan fingerprint density at radius 1 is 1.04 bits per heavy atom. The summed E-state index contributed by atoms with van der Waals surface area (Å²) in [6.45, 7) is 0. The zero-order valence-electron chi connectivity index (χ0n) is 13.4. The molecule has 1 unspecified atom stereocenters. The van der Waals surface area contributed by atoms with Crippen LogP contribution in [0.25, 0.3) is 0 Å². The van der Waals surface area contributed by atoms with Crippen LogP contribution in [-0.4, -0.2) is 14.3 Å². The van der Waals surface area contributed by atoms with E-state index in [1.807, 2.05) is 30.3 Å². The highest BCUT2D eigenvalue weighted by Gasteiger charge is 2.29. The summed E-state index contributed by atoms with van der Waals surface area (Å²) < 4.78 is 33.2. The molecule has 0 spiro atoms. The van der Waals surface area contributed by atoms with Gasteiger partial charge in [0.1, 0.15) is 9.96 Å². The smallest absolute Gasteiger partial charge is 0.271 e. The summed E-state index contributed by atoms with van der Waals surface area (Å²) in [5, 5.41) is 4.47. The Kier molecular flexibility index (Phi) is 4.14. The number of hydrogen-bond donors (Lipinski definition) is 2. The van der Waals surface area contributed by atoms with Gasteiger partial charge in [-0.1, -0.05) is 36.4 Å². The molecule has 4 rings (SSSR count). The van der Waals surface area contributed by atoms with Crippen molar-refractivity contribution in [1.82, 2.24) is 0 Å². The lowest BCUT2D eigenvalue weighted by atomic mass is 10.1. The van der Waals surface area contributed by atoms with E-state index in [2.05, 4.69) is 10.0 Å². The molecule has 1 aromatic heterocycles. The second-order valence-electron chi connectivity index (χ2n) is 5.65. The van der Waals surface area contributed by atoms with Gasteiger partial charge in [-0.2, -0.15) is 0 Å². The molecule has 0 fully saturated rings. The van der Waals surface area contributed by atoms with E-state index in [-0.39, 0.29) is 10.1 Å². The van der Waals surface area contributed by atoms with Gasteiger partial charge in [0, 0.05) is 5.56 Å². The molecule has 1 atom stereocenters. The quantitative estimate of drug-likeness (QED) is 0.717.